The number of aromatic nitrogens is 1. The van der Waals surface area contributed by atoms with Crippen molar-refractivity contribution in [2.45, 2.75) is 353 Å². The molecule has 1 aromatic heterocycles. The summed E-state index contributed by atoms with van der Waals surface area (Å²) in [5, 5.41) is 69.6. The van der Waals surface area contributed by atoms with Crippen LogP contribution in [0.4, 0.5) is 0 Å². The monoisotopic (exact) mass is 2090 g/mol. The third kappa shape index (κ3) is 45.7. The van der Waals surface area contributed by atoms with Gasteiger partial charge in [-0.2, -0.15) is 0 Å². The molecule has 18 atom stereocenters. The van der Waals surface area contributed by atoms with Gasteiger partial charge in [-0.25, -0.2) is 21.7 Å². The number of carbonyl (C=O) groups excluding carboxylic acids is 19. The van der Waals surface area contributed by atoms with E-state index in [1.165, 1.54) is 58.9 Å². The number of aromatic amines is 1. The SMILES string of the molecule is CC(=O)N[C@@H](CC(C)C)C(=O)N[C@H](C(=O)C(=O)[C@H](Cc1ccccc1)NN[C@]1(C)CCCCC#CC#CCCC[C@@](C)(C(=O)CN[C@@H](C)C(=O)CCN[C@@H](C)C(=O)CCC(=O)[C@H](C)NCCC(=O)[C@H](C)NCCC(=O)[C@H](C)NCN[C@H](C)C(N)=O)NC(=O)[C@H](CC(C)C)NC(=O)[C@H](CCC(N)=O)NCN[C@@H](C)C(=O)CC(=O)[C@H](Cc2c[nH]c3ccccc23)NN[C@@H](Cc2ccc(O)cc2)C(=O)N[C@@H](CCC(=O)O)C(=O)C1=O)[C@@H](C)O. The second-order valence-electron chi connectivity index (χ2n) is 39.9. The van der Waals surface area contributed by atoms with E-state index in [1.807, 2.05) is 0 Å². The maximum Gasteiger partial charge on any atom is 0.303 e. The van der Waals surface area contributed by atoms with E-state index in [0.29, 0.717) is 27.6 Å². The van der Waals surface area contributed by atoms with Crippen LogP contribution in [-0.4, -0.2) is 284 Å². The van der Waals surface area contributed by atoms with Gasteiger partial charge in [0.2, 0.25) is 64.5 Å². The Morgan fingerprint density at radius 3 is 1.63 bits per heavy atom. The number of fused-ring (bicyclic) bond motifs is 1. The number of carboxylic acid groups (broad SMARTS) is 1. The zero-order valence-electron chi connectivity index (χ0n) is 88.9. The fourth-order valence-corrected chi connectivity index (χ4v) is 16.3. The van der Waals surface area contributed by atoms with Crippen molar-refractivity contribution in [3.63, 3.8) is 0 Å². The van der Waals surface area contributed by atoms with Crippen LogP contribution < -0.4 is 102 Å². The topological polar surface area (TPSA) is 674 Å². The van der Waals surface area contributed by atoms with Crippen molar-refractivity contribution in [1.29, 1.82) is 0 Å². The molecule has 1 aliphatic rings. The largest absolute Gasteiger partial charge is 0.508 e. The molecule has 4 aromatic rings. The smallest absolute Gasteiger partial charge is 0.303 e. The minimum atomic E-state index is -2.16. The van der Waals surface area contributed by atoms with E-state index in [0.717, 1.165) is 6.92 Å². The van der Waals surface area contributed by atoms with Gasteiger partial charge < -0.3 is 79.6 Å². The molecule has 0 saturated carbocycles. The molecule has 0 saturated heterocycles. The van der Waals surface area contributed by atoms with Crippen LogP contribution in [0.25, 0.3) is 10.9 Å². The Labute approximate surface area is 877 Å². The van der Waals surface area contributed by atoms with E-state index < -0.39 is 221 Å². The summed E-state index contributed by atoms with van der Waals surface area (Å²) in [7, 11) is 0. The van der Waals surface area contributed by atoms with Crippen LogP contribution in [0.2, 0.25) is 0 Å². The Kier molecular flexibility index (Phi) is 55.8. The molecule has 150 heavy (non-hydrogen) atoms. The van der Waals surface area contributed by atoms with E-state index in [1.54, 1.807) is 123 Å². The quantitative estimate of drug-likeness (QED) is 0.00942. The number of aliphatic hydroxyl groups excluding tert-OH is 1. The van der Waals surface area contributed by atoms with Crippen molar-refractivity contribution in [3.8, 4) is 29.4 Å². The molecule has 2 heterocycles. The third-order valence-corrected chi connectivity index (χ3v) is 26.1. The average molecular weight is 2090 g/mol. The Morgan fingerprint density at radius 1 is 0.527 bits per heavy atom. The maximum absolute atomic E-state index is 15.6. The molecule has 43 nitrogen and oxygen atoms in total. The molecular formula is C107H158N20O23. The third-order valence-electron chi connectivity index (χ3n) is 26.1. The highest BCUT2D eigenvalue weighted by Gasteiger charge is 2.45. The molecule has 1 aliphatic heterocycles. The minimum Gasteiger partial charge on any atom is -0.508 e. The number of hydrogen-bond donors (Lipinski definition) is 23. The molecule has 0 unspecified atom stereocenters. The van der Waals surface area contributed by atoms with E-state index in [2.05, 4.69) is 119 Å². The summed E-state index contributed by atoms with van der Waals surface area (Å²) in [6.45, 7) is 23.3. The van der Waals surface area contributed by atoms with Crippen molar-refractivity contribution >= 4 is 128 Å². The number of para-hydroxylation sites is 1. The van der Waals surface area contributed by atoms with Crippen molar-refractivity contribution < 1.29 is 111 Å². The summed E-state index contributed by atoms with van der Waals surface area (Å²) in [5.41, 5.74) is 20.7. The summed E-state index contributed by atoms with van der Waals surface area (Å²) < 4.78 is 0. The summed E-state index contributed by atoms with van der Waals surface area (Å²) >= 11 is 0. The number of amides is 7. The molecule has 43 heteroatoms. The van der Waals surface area contributed by atoms with Crippen LogP contribution in [0.5, 0.6) is 5.75 Å². The van der Waals surface area contributed by atoms with Crippen LogP contribution in [0.3, 0.4) is 0 Å². The number of rotatable bonds is 55. The highest BCUT2D eigenvalue weighted by Crippen LogP contribution is 2.25. The lowest BCUT2D eigenvalue weighted by Crippen LogP contribution is -2.65. The van der Waals surface area contributed by atoms with Crippen LogP contribution in [0.15, 0.2) is 85.1 Å². The number of hydrogen-bond acceptors (Lipinski definition) is 34. The zero-order valence-corrected chi connectivity index (χ0v) is 88.9. The first-order chi connectivity index (χ1) is 70.8. The number of benzene rings is 3. The Hall–Kier alpha value is -12.6. The summed E-state index contributed by atoms with van der Waals surface area (Å²) in [4.78, 5) is 281. The minimum absolute atomic E-state index is 0.0167. The van der Waals surface area contributed by atoms with Gasteiger partial charge in [-0.05, 0) is 198 Å². The van der Waals surface area contributed by atoms with E-state index >= 15 is 19.2 Å². The number of phenolic OH excluding ortho intramolecular Hbond substituents is 1. The van der Waals surface area contributed by atoms with Gasteiger partial charge in [0.05, 0.1) is 96.6 Å². The molecule has 3 aromatic carbocycles. The van der Waals surface area contributed by atoms with Gasteiger partial charge in [-0.3, -0.25) is 117 Å². The van der Waals surface area contributed by atoms with Crippen molar-refractivity contribution in [1.82, 2.24) is 95.8 Å². The molecule has 0 radical (unpaired) electrons. The highest BCUT2D eigenvalue weighted by molar-refractivity contribution is 6.43. The summed E-state index contributed by atoms with van der Waals surface area (Å²) in [6, 6.07) is 3.51. The first-order valence-electron chi connectivity index (χ1n) is 51.4. The van der Waals surface area contributed by atoms with Crippen molar-refractivity contribution in [3.05, 3.63) is 102 Å². The number of carboxylic acids is 1. The predicted octanol–water partition coefficient (Wildman–Crippen LogP) is 0.518. The fourth-order valence-electron chi connectivity index (χ4n) is 16.3. The number of aliphatic hydroxyl groups is 1. The molecule has 0 fully saturated rings. The number of nitrogens with one attached hydrogen (secondary N) is 18. The standard InChI is InChI=1S/C107H158N20O23/c1-62(2)52-83(119-72(13)129)103(148)122-96(71(12)128)99(144)97(142)82(54-73-30-24-23-25-31-73)126-127-107(15)48-29-22-20-18-16-17-19-21-28-47-106(14,93(138)59-113-67(8)89(134)45-50-111-65(6)87(132)41-40-86(131)64(5)110-49-44-88(133)66(7)112-51-46-90(135)68(9)115-60-117-70(11)101(109)146)123-105(150)84(53-63(3)4)121-102(147)80(38-42-94(108)139)118-61-116-69(10)91(136)57-92(137)81(56-75-58-114-78-33-27-26-32-77(75)78)124-125-85(55-74-34-36-76(130)37-35-74)104(149)120-79(39-43-95(140)141)98(143)100(107)145/h23-27,30-37,58,62-71,79-85,96,110-118,124-128,130H,20-22,28-29,38-57,59-61H2,1-15H3,(H2,108,139)(H2,109,146)(H,119,129)(H,120,149)(H,121,147)(H,122,148)(H,123,150)(H,140,141)/t64-,65-,66-,67-,68-,69-,70+,71+,79-,80-,81-,82-,83-,84-,85-,96-,106-,107+/m0/s1. The number of ketones is 12. The molecule has 7 amide bonds. The predicted molar refractivity (Wildman–Crippen MR) is 561 cm³/mol. The molecule has 0 spiro atoms. The average Bonchev–Trinajstić information content (AvgIpc) is 1.00. The van der Waals surface area contributed by atoms with Gasteiger partial charge in [-0.1, -0.05) is 107 Å². The lowest BCUT2D eigenvalue weighted by molar-refractivity contribution is -0.144. The zero-order chi connectivity index (χ0) is 112. The van der Waals surface area contributed by atoms with Gasteiger partial charge in [0.1, 0.15) is 41.5 Å². The maximum atomic E-state index is 15.6. The molecule has 0 aliphatic carbocycles. The molecule has 5 rings (SSSR count). The lowest BCUT2D eigenvalue weighted by atomic mass is 9.85. The normalized spacial score (nSPS) is 21.1. The number of Topliss-reactive ketones (excluding diaryl/α,β-unsaturated/α-hetero) is 12. The molecule has 824 valence electrons. The Morgan fingerprint density at radius 2 is 1.07 bits per heavy atom. The van der Waals surface area contributed by atoms with E-state index in [-0.39, 0.29) is 201 Å². The van der Waals surface area contributed by atoms with Gasteiger partial charge in [-0.15, -0.1) is 0 Å². The number of carbonyl (C=O) groups is 20. The number of phenols is 1. The summed E-state index contributed by atoms with van der Waals surface area (Å²) in [5.74, 6) is -4.22. The van der Waals surface area contributed by atoms with Gasteiger partial charge >= 0.3 is 5.97 Å². The van der Waals surface area contributed by atoms with Gasteiger partial charge in [0, 0.05) is 115 Å². The Bertz CT molecular complexity index is 5400. The first-order valence-corrected chi connectivity index (χ1v) is 51.4. The molecule has 0 bridgehead atoms. The second-order valence-corrected chi connectivity index (χ2v) is 39.9. The lowest BCUT2D eigenvalue weighted by Gasteiger charge is -2.33. The van der Waals surface area contributed by atoms with Crippen LogP contribution in [-0.2, 0) is 115 Å². The van der Waals surface area contributed by atoms with Crippen molar-refractivity contribution in [2.75, 3.05) is 39.5 Å². The second kappa shape index (κ2) is 65.5. The Balaban J connectivity index is 1.47. The number of H-pyrrole nitrogens is 1. The molecular weight excluding hydrogens is 1930 g/mol. The van der Waals surface area contributed by atoms with Gasteiger partial charge in [0.15, 0.2) is 34.7 Å². The first kappa shape index (κ1) is 128. The van der Waals surface area contributed by atoms with E-state index in [4.69, 9.17) is 11.5 Å². The summed E-state index contributed by atoms with van der Waals surface area (Å²) in [6.07, 6.45) is -3.41. The highest BCUT2D eigenvalue weighted by atomic mass is 16.4. The van der Waals surface area contributed by atoms with Crippen LogP contribution >= 0.6 is 0 Å². The van der Waals surface area contributed by atoms with Crippen molar-refractivity contribution in [2.24, 2.45) is 23.3 Å². The van der Waals surface area contributed by atoms with E-state index in [9.17, 15) is 92.0 Å². The fraction of sp³-hybridized carbons (Fsp3) is 0.589. The van der Waals surface area contributed by atoms with Crippen LogP contribution in [0.1, 0.15) is 243 Å². The number of nitrogens with two attached hydrogens (primary N) is 2. The number of aromatic hydroxyl groups is 1. The molecule has 25 N–H and O–H groups in total. The number of primary amides is 2. The van der Waals surface area contributed by atoms with Gasteiger partial charge in [0.25, 0.3) is 0 Å². The number of hydrazine groups is 2. The number of aliphatic carboxylic acids is 1. The van der Waals surface area contributed by atoms with Crippen LogP contribution in [0, 0.1) is 35.5 Å².